The molecule has 1 aromatic heterocycles. The predicted octanol–water partition coefficient (Wildman–Crippen LogP) is 2.58. The molecule has 1 N–H and O–H groups in total. The van der Waals surface area contributed by atoms with Crippen LogP contribution in [0.3, 0.4) is 0 Å². The van der Waals surface area contributed by atoms with Crippen molar-refractivity contribution in [3.63, 3.8) is 0 Å². The Balaban J connectivity index is 1.69. The molecule has 0 radical (unpaired) electrons. The fourth-order valence-corrected chi connectivity index (χ4v) is 2.73. The Labute approximate surface area is 130 Å². The molecule has 1 fully saturated rings. The van der Waals surface area contributed by atoms with Crippen LogP contribution in [0.2, 0.25) is 0 Å². The molecule has 1 saturated heterocycles. The van der Waals surface area contributed by atoms with Gasteiger partial charge in [0, 0.05) is 12.2 Å². The van der Waals surface area contributed by atoms with Crippen LogP contribution in [0.4, 0.5) is 0 Å². The second kappa shape index (κ2) is 6.75. The van der Waals surface area contributed by atoms with Crippen molar-refractivity contribution in [3.8, 4) is 0 Å². The van der Waals surface area contributed by atoms with Gasteiger partial charge < -0.3 is 9.64 Å². The number of H-pyrrole nitrogens is 1. The van der Waals surface area contributed by atoms with E-state index in [-0.39, 0.29) is 12.0 Å². The minimum Gasteiger partial charge on any atom is -0.370 e. The highest BCUT2D eigenvalue weighted by molar-refractivity contribution is 5.92. The van der Waals surface area contributed by atoms with E-state index in [4.69, 9.17) is 4.74 Å². The van der Waals surface area contributed by atoms with E-state index in [1.54, 1.807) is 0 Å². The maximum absolute atomic E-state index is 12.6. The zero-order chi connectivity index (χ0) is 15.4. The molecule has 2 heterocycles. The first-order valence-electron chi connectivity index (χ1n) is 7.78. The van der Waals surface area contributed by atoms with Gasteiger partial charge in [-0.25, -0.2) is 0 Å². The summed E-state index contributed by atoms with van der Waals surface area (Å²) >= 11 is 0. The van der Waals surface area contributed by atoms with Gasteiger partial charge >= 0.3 is 0 Å². The molecule has 0 saturated carbocycles. The van der Waals surface area contributed by atoms with Gasteiger partial charge in [-0.05, 0) is 18.1 Å². The summed E-state index contributed by atoms with van der Waals surface area (Å²) in [6.45, 7) is 3.84. The minimum atomic E-state index is -0.0621. The number of aromatic amines is 1. The number of benzene rings is 1. The quantitative estimate of drug-likeness (QED) is 0.944. The highest BCUT2D eigenvalue weighted by atomic mass is 16.5. The Morgan fingerprint density at radius 2 is 2.23 bits per heavy atom. The maximum Gasteiger partial charge on any atom is 0.274 e. The van der Waals surface area contributed by atoms with Crippen molar-refractivity contribution < 1.29 is 9.53 Å². The number of nitrogens with zero attached hydrogens (tertiary/aromatic N) is 2. The van der Waals surface area contributed by atoms with Crippen molar-refractivity contribution in [2.75, 3.05) is 19.7 Å². The minimum absolute atomic E-state index is 0.0252. The van der Waals surface area contributed by atoms with Gasteiger partial charge in [0.2, 0.25) is 0 Å². The molecule has 3 rings (SSSR count). The van der Waals surface area contributed by atoms with Crippen LogP contribution in [0, 0.1) is 0 Å². The SMILES string of the molecule is CCCc1cc(C(=O)N2CCO[C@H](c3ccccc3)C2)n[nH]1. The second-order valence-electron chi connectivity index (χ2n) is 5.55. The molecule has 1 amide bonds. The molecule has 22 heavy (non-hydrogen) atoms. The van der Waals surface area contributed by atoms with Gasteiger partial charge in [0.15, 0.2) is 0 Å². The molecule has 1 aliphatic heterocycles. The lowest BCUT2D eigenvalue weighted by Crippen LogP contribution is -2.42. The van der Waals surface area contributed by atoms with Crippen molar-refractivity contribution in [3.05, 3.63) is 53.3 Å². The topological polar surface area (TPSA) is 58.2 Å². The number of carbonyl (C=O) groups excluding carboxylic acids is 1. The van der Waals surface area contributed by atoms with Crippen LogP contribution in [-0.4, -0.2) is 40.7 Å². The standard InChI is InChI=1S/C17H21N3O2/c1-2-6-14-11-15(19-18-14)17(21)20-9-10-22-16(12-20)13-7-4-3-5-8-13/h3-5,7-8,11,16H,2,6,9-10,12H2,1H3,(H,18,19)/t16-/m0/s1. The van der Waals surface area contributed by atoms with E-state index in [0.29, 0.717) is 25.4 Å². The molecule has 116 valence electrons. The van der Waals surface area contributed by atoms with Gasteiger partial charge in [-0.2, -0.15) is 5.10 Å². The van der Waals surface area contributed by atoms with Crippen LogP contribution in [0.5, 0.6) is 0 Å². The molecule has 2 aromatic rings. The highest BCUT2D eigenvalue weighted by Crippen LogP contribution is 2.22. The maximum atomic E-state index is 12.6. The van der Waals surface area contributed by atoms with Crippen molar-refractivity contribution >= 4 is 5.91 Å². The smallest absolute Gasteiger partial charge is 0.274 e. The summed E-state index contributed by atoms with van der Waals surface area (Å²) in [5.41, 5.74) is 2.62. The zero-order valence-electron chi connectivity index (χ0n) is 12.8. The van der Waals surface area contributed by atoms with Crippen LogP contribution in [0.25, 0.3) is 0 Å². The van der Waals surface area contributed by atoms with E-state index in [0.717, 1.165) is 24.1 Å². The summed E-state index contributed by atoms with van der Waals surface area (Å²) in [5.74, 6) is -0.0252. The molecule has 5 heteroatoms. The Bertz CT molecular complexity index is 624. The fourth-order valence-electron chi connectivity index (χ4n) is 2.73. The number of carbonyl (C=O) groups is 1. The van der Waals surface area contributed by atoms with Gasteiger partial charge in [0.05, 0.1) is 13.2 Å². The molecular weight excluding hydrogens is 278 g/mol. The fraction of sp³-hybridized carbons (Fsp3) is 0.412. The Morgan fingerprint density at radius 1 is 1.41 bits per heavy atom. The average Bonchev–Trinajstić information content (AvgIpc) is 3.04. The third-order valence-corrected chi connectivity index (χ3v) is 3.89. The lowest BCUT2D eigenvalue weighted by atomic mass is 10.1. The molecule has 0 bridgehead atoms. The lowest BCUT2D eigenvalue weighted by Gasteiger charge is -2.32. The number of ether oxygens (including phenoxy) is 1. The van der Waals surface area contributed by atoms with Crippen LogP contribution in [0.15, 0.2) is 36.4 Å². The number of nitrogens with one attached hydrogen (secondary N) is 1. The van der Waals surface area contributed by atoms with Gasteiger partial charge in [-0.3, -0.25) is 9.89 Å². The van der Waals surface area contributed by atoms with E-state index < -0.39 is 0 Å². The monoisotopic (exact) mass is 299 g/mol. The number of hydrogen-bond donors (Lipinski definition) is 1. The molecule has 0 unspecified atom stereocenters. The van der Waals surface area contributed by atoms with Gasteiger partial charge in [-0.1, -0.05) is 43.7 Å². The summed E-state index contributed by atoms with van der Waals surface area (Å²) in [7, 11) is 0. The molecule has 1 aromatic carbocycles. The largest absolute Gasteiger partial charge is 0.370 e. The summed E-state index contributed by atoms with van der Waals surface area (Å²) in [4.78, 5) is 14.4. The first kappa shape index (κ1) is 14.8. The first-order chi connectivity index (χ1) is 10.8. The van der Waals surface area contributed by atoms with Crippen LogP contribution >= 0.6 is 0 Å². The molecule has 5 nitrogen and oxygen atoms in total. The highest BCUT2D eigenvalue weighted by Gasteiger charge is 2.27. The third-order valence-electron chi connectivity index (χ3n) is 3.89. The summed E-state index contributed by atoms with van der Waals surface area (Å²) < 4.78 is 5.80. The van der Waals surface area contributed by atoms with E-state index in [1.807, 2.05) is 41.3 Å². The van der Waals surface area contributed by atoms with Gasteiger partial charge in [-0.15, -0.1) is 0 Å². The van der Waals surface area contributed by atoms with Crippen molar-refractivity contribution in [2.45, 2.75) is 25.9 Å². The van der Waals surface area contributed by atoms with Gasteiger partial charge in [0.1, 0.15) is 11.8 Å². The number of rotatable bonds is 4. The van der Waals surface area contributed by atoms with E-state index in [9.17, 15) is 4.79 Å². The van der Waals surface area contributed by atoms with Crippen LogP contribution in [0.1, 0.15) is 41.2 Å². The average molecular weight is 299 g/mol. The number of aryl methyl sites for hydroxylation is 1. The van der Waals surface area contributed by atoms with E-state index in [1.165, 1.54) is 0 Å². The molecule has 1 aliphatic rings. The molecule has 1 atom stereocenters. The second-order valence-corrected chi connectivity index (χ2v) is 5.55. The van der Waals surface area contributed by atoms with Crippen molar-refractivity contribution in [2.24, 2.45) is 0 Å². The van der Waals surface area contributed by atoms with Crippen LogP contribution < -0.4 is 0 Å². The normalized spacial score (nSPS) is 18.4. The van der Waals surface area contributed by atoms with Crippen molar-refractivity contribution in [1.82, 2.24) is 15.1 Å². The Hall–Kier alpha value is -2.14. The lowest BCUT2D eigenvalue weighted by molar-refractivity contribution is -0.0230. The molecule has 0 aliphatic carbocycles. The number of aromatic nitrogens is 2. The summed E-state index contributed by atoms with van der Waals surface area (Å²) in [5, 5.41) is 7.09. The summed E-state index contributed by atoms with van der Waals surface area (Å²) in [6, 6.07) is 11.9. The molecular formula is C17H21N3O2. The predicted molar refractivity (Wildman–Crippen MR) is 83.6 cm³/mol. The number of amides is 1. The number of morpholine rings is 1. The number of hydrogen-bond acceptors (Lipinski definition) is 3. The third kappa shape index (κ3) is 3.20. The van der Waals surface area contributed by atoms with Gasteiger partial charge in [0.25, 0.3) is 5.91 Å². The van der Waals surface area contributed by atoms with E-state index in [2.05, 4.69) is 17.1 Å². The van der Waals surface area contributed by atoms with Crippen molar-refractivity contribution in [1.29, 1.82) is 0 Å². The Morgan fingerprint density at radius 3 is 3.00 bits per heavy atom. The van der Waals surface area contributed by atoms with E-state index >= 15 is 0 Å². The molecule has 0 spiro atoms. The first-order valence-corrected chi connectivity index (χ1v) is 7.78. The zero-order valence-corrected chi connectivity index (χ0v) is 12.8. The Kier molecular flexibility index (Phi) is 4.53. The summed E-state index contributed by atoms with van der Waals surface area (Å²) in [6.07, 6.45) is 1.88. The van der Waals surface area contributed by atoms with Crippen LogP contribution in [-0.2, 0) is 11.2 Å².